The average Bonchev–Trinajstić information content (AvgIpc) is 2.12. The Morgan fingerprint density at radius 3 is 2.53 bits per heavy atom. The molecule has 15 heavy (non-hydrogen) atoms. The first-order valence-electron chi connectivity index (χ1n) is 5.53. The number of benzene rings is 1. The van der Waals surface area contributed by atoms with E-state index in [1.165, 1.54) is 22.6 Å². The molecule has 1 aromatic carbocycles. The molecule has 1 nitrogen and oxygen atoms in total. The van der Waals surface area contributed by atoms with Gasteiger partial charge in [0.15, 0.2) is 0 Å². The monoisotopic (exact) mass is 224 g/mol. The van der Waals surface area contributed by atoms with E-state index in [9.17, 15) is 0 Å². The van der Waals surface area contributed by atoms with Crippen LogP contribution in [0.15, 0.2) is 29.2 Å². The van der Waals surface area contributed by atoms with Gasteiger partial charge < -0.3 is 4.48 Å². The van der Waals surface area contributed by atoms with Crippen molar-refractivity contribution in [3.05, 3.63) is 29.8 Å². The normalized spacial score (nSPS) is 11.7. The fourth-order valence-corrected chi connectivity index (χ4v) is 2.35. The third-order valence-electron chi connectivity index (χ3n) is 2.03. The summed E-state index contributed by atoms with van der Waals surface area (Å²) in [6, 6.07) is 8.92. The summed E-state index contributed by atoms with van der Waals surface area (Å²) in [4.78, 5) is 1.41. The molecule has 0 saturated heterocycles. The first-order valence-corrected chi connectivity index (χ1v) is 6.52. The van der Waals surface area contributed by atoms with Crippen molar-refractivity contribution in [2.24, 2.45) is 0 Å². The van der Waals surface area contributed by atoms with Gasteiger partial charge in [-0.15, -0.1) is 11.8 Å². The molecule has 0 unspecified atom stereocenters. The Morgan fingerprint density at radius 1 is 1.20 bits per heavy atom. The van der Waals surface area contributed by atoms with Crippen LogP contribution in [0.5, 0.6) is 0 Å². The second kappa shape index (κ2) is 5.57. The lowest BCUT2D eigenvalue weighted by Gasteiger charge is -2.24. The Bertz CT molecular complexity index is 302. The first kappa shape index (κ1) is 12.6. The van der Waals surface area contributed by atoms with Crippen molar-refractivity contribution in [3.63, 3.8) is 0 Å². The highest BCUT2D eigenvalue weighted by Crippen LogP contribution is 2.20. The van der Waals surface area contributed by atoms with Crippen LogP contribution in [-0.2, 0) is 6.54 Å². The van der Waals surface area contributed by atoms with Crippen molar-refractivity contribution in [1.29, 1.82) is 0 Å². The van der Waals surface area contributed by atoms with Crippen LogP contribution in [0.2, 0.25) is 0 Å². The molecule has 0 aliphatic carbocycles. The Labute approximate surface area is 98.1 Å². The van der Waals surface area contributed by atoms with Gasteiger partial charge in [-0.2, -0.15) is 0 Å². The molecule has 0 atom stereocenters. The van der Waals surface area contributed by atoms with E-state index in [0.29, 0.717) is 0 Å². The van der Waals surface area contributed by atoms with E-state index >= 15 is 0 Å². The van der Waals surface area contributed by atoms with Crippen molar-refractivity contribution in [1.82, 2.24) is 0 Å². The molecule has 0 aliphatic heterocycles. The summed E-state index contributed by atoms with van der Waals surface area (Å²) >= 11 is 1.95. The SMILES string of the molecule is CCCSc1cccc(C[N+](C)(C)C)c1. The van der Waals surface area contributed by atoms with Crippen LogP contribution in [0, 0.1) is 0 Å². The first-order chi connectivity index (χ1) is 7.01. The number of quaternary nitrogens is 1. The molecular weight excluding hydrogens is 202 g/mol. The topological polar surface area (TPSA) is 0 Å². The van der Waals surface area contributed by atoms with Gasteiger partial charge in [0, 0.05) is 10.5 Å². The van der Waals surface area contributed by atoms with Crippen molar-refractivity contribution < 1.29 is 4.48 Å². The lowest BCUT2D eigenvalue weighted by molar-refractivity contribution is -0.884. The van der Waals surface area contributed by atoms with E-state index in [1.807, 2.05) is 11.8 Å². The molecule has 0 fully saturated rings. The second-order valence-corrected chi connectivity index (χ2v) is 6.11. The third kappa shape index (κ3) is 5.24. The zero-order valence-electron chi connectivity index (χ0n) is 10.3. The molecule has 1 rings (SSSR count). The summed E-state index contributed by atoms with van der Waals surface area (Å²) in [5.74, 6) is 1.22. The van der Waals surface area contributed by atoms with Crippen LogP contribution in [-0.4, -0.2) is 31.4 Å². The largest absolute Gasteiger partial charge is 0.327 e. The Morgan fingerprint density at radius 2 is 1.93 bits per heavy atom. The summed E-state index contributed by atoms with van der Waals surface area (Å²) in [6.45, 7) is 3.32. The van der Waals surface area contributed by atoms with E-state index in [0.717, 1.165) is 11.0 Å². The van der Waals surface area contributed by atoms with E-state index < -0.39 is 0 Å². The summed E-state index contributed by atoms with van der Waals surface area (Å²) in [7, 11) is 6.68. The van der Waals surface area contributed by atoms with Crippen molar-refractivity contribution in [2.75, 3.05) is 26.9 Å². The fraction of sp³-hybridized carbons (Fsp3) is 0.538. The van der Waals surface area contributed by atoms with Crippen LogP contribution >= 0.6 is 11.8 Å². The van der Waals surface area contributed by atoms with E-state index in [1.54, 1.807) is 0 Å². The third-order valence-corrected chi connectivity index (χ3v) is 3.23. The predicted octanol–water partition coefficient (Wildman–Crippen LogP) is 3.39. The van der Waals surface area contributed by atoms with Crippen LogP contribution in [0.25, 0.3) is 0 Å². The lowest BCUT2D eigenvalue weighted by Crippen LogP contribution is -2.33. The molecular formula is C13H22NS+. The molecule has 0 radical (unpaired) electrons. The van der Waals surface area contributed by atoms with Crippen LogP contribution in [0.3, 0.4) is 0 Å². The molecule has 0 heterocycles. The highest BCUT2D eigenvalue weighted by atomic mass is 32.2. The minimum atomic E-state index is 0.988. The Balaban J connectivity index is 2.66. The van der Waals surface area contributed by atoms with Crippen molar-refractivity contribution >= 4 is 11.8 Å². The maximum absolute atomic E-state index is 2.32. The molecule has 0 aromatic heterocycles. The molecule has 0 N–H and O–H groups in total. The van der Waals surface area contributed by atoms with Crippen LogP contribution in [0.4, 0.5) is 0 Å². The number of hydrogen-bond donors (Lipinski definition) is 0. The average molecular weight is 224 g/mol. The zero-order chi connectivity index (χ0) is 11.3. The molecule has 0 amide bonds. The highest BCUT2D eigenvalue weighted by molar-refractivity contribution is 7.99. The van der Waals surface area contributed by atoms with E-state index in [-0.39, 0.29) is 0 Å². The molecule has 0 bridgehead atoms. The molecule has 2 heteroatoms. The standard InChI is InChI=1S/C13H22NS/c1-5-9-15-13-8-6-7-12(10-13)11-14(2,3)4/h6-8,10H,5,9,11H2,1-4H3/q+1. The van der Waals surface area contributed by atoms with Gasteiger partial charge in [-0.1, -0.05) is 19.1 Å². The minimum Gasteiger partial charge on any atom is -0.327 e. The Kier molecular flexibility index (Phi) is 4.68. The molecule has 0 spiro atoms. The summed E-state index contributed by atoms with van der Waals surface area (Å²) in [5, 5.41) is 0. The number of thioether (sulfide) groups is 1. The minimum absolute atomic E-state index is 0.988. The van der Waals surface area contributed by atoms with Gasteiger partial charge in [0.25, 0.3) is 0 Å². The van der Waals surface area contributed by atoms with Crippen LogP contribution in [0.1, 0.15) is 18.9 Å². The van der Waals surface area contributed by atoms with Crippen molar-refractivity contribution in [3.8, 4) is 0 Å². The highest BCUT2D eigenvalue weighted by Gasteiger charge is 2.08. The lowest BCUT2D eigenvalue weighted by atomic mass is 10.2. The summed E-state index contributed by atoms with van der Waals surface area (Å²) in [5.41, 5.74) is 1.43. The fourth-order valence-electron chi connectivity index (χ4n) is 1.50. The van der Waals surface area contributed by atoms with Gasteiger partial charge in [0.2, 0.25) is 0 Å². The molecule has 1 aromatic rings. The second-order valence-electron chi connectivity index (χ2n) is 4.94. The smallest absolute Gasteiger partial charge is 0.104 e. The van der Waals surface area contributed by atoms with Gasteiger partial charge >= 0.3 is 0 Å². The van der Waals surface area contributed by atoms with Gasteiger partial charge in [0.05, 0.1) is 21.1 Å². The number of hydrogen-bond acceptors (Lipinski definition) is 1. The van der Waals surface area contributed by atoms with Crippen molar-refractivity contribution in [2.45, 2.75) is 24.8 Å². The van der Waals surface area contributed by atoms with E-state index in [4.69, 9.17) is 0 Å². The van der Waals surface area contributed by atoms with Gasteiger partial charge in [-0.3, -0.25) is 0 Å². The molecule has 0 saturated carbocycles. The maximum Gasteiger partial charge on any atom is 0.104 e. The summed E-state index contributed by atoms with van der Waals surface area (Å²) < 4.78 is 0.988. The Hall–Kier alpha value is -0.470. The number of rotatable bonds is 5. The summed E-state index contributed by atoms with van der Waals surface area (Å²) in [6.07, 6.45) is 1.24. The van der Waals surface area contributed by atoms with Gasteiger partial charge in [-0.05, 0) is 24.3 Å². The molecule has 0 aliphatic rings. The quantitative estimate of drug-likeness (QED) is 0.546. The number of nitrogens with zero attached hydrogens (tertiary/aromatic N) is 1. The van der Waals surface area contributed by atoms with Gasteiger partial charge in [-0.25, -0.2) is 0 Å². The van der Waals surface area contributed by atoms with E-state index in [2.05, 4.69) is 52.3 Å². The van der Waals surface area contributed by atoms with Gasteiger partial charge in [0.1, 0.15) is 6.54 Å². The maximum atomic E-state index is 2.32. The van der Waals surface area contributed by atoms with Crippen LogP contribution < -0.4 is 0 Å². The molecule has 84 valence electrons. The zero-order valence-corrected chi connectivity index (χ0v) is 11.1. The predicted molar refractivity (Wildman–Crippen MR) is 69.2 cm³/mol.